The van der Waals surface area contributed by atoms with Crippen LogP contribution in [-0.2, 0) is 10.3 Å². The number of rotatable bonds is 11. The van der Waals surface area contributed by atoms with Crippen molar-refractivity contribution in [1.29, 1.82) is 0 Å². The van der Waals surface area contributed by atoms with Gasteiger partial charge in [0.15, 0.2) is 17.0 Å². The summed E-state index contributed by atoms with van der Waals surface area (Å²) in [6, 6.07) is 35.8. The van der Waals surface area contributed by atoms with Gasteiger partial charge in [-0.1, -0.05) is 91.0 Å². The number of aliphatic hydroxyl groups excluding tert-OH is 1. The Hall–Kier alpha value is -5.71. The number of anilines is 1. The number of fused-ring (bicyclic) bond motifs is 1. The van der Waals surface area contributed by atoms with Gasteiger partial charge in [0.2, 0.25) is 0 Å². The van der Waals surface area contributed by atoms with E-state index in [1.54, 1.807) is 42.3 Å². The van der Waals surface area contributed by atoms with Gasteiger partial charge in [-0.25, -0.2) is 19.3 Å². The average Bonchev–Trinajstić information content (AvgIpc) is 3.58. The smallest absolute Gasteiger partial charge is 0.256 e. The molecule has 2 aromatic heterocycles. The Balaban J connectivity index is 1.22. The topological polar surface area (TPSA) is 111 Å². The molecule has 246 valence electrons. The van der Waals surface area contributed by atoms with E-state index in [1.807, 2.05) is 91.0 Å². The van der Waals surface area contributed by atoms with Crippen LogP contribution in [0.3, 0.4) is 0 Å². The number of nitrogens with zero attached hydrogens (tertiary/aromatic N) is 4. The molecule has 0 saturated heterocycles. The second-order valence-corrected chi connectivity index (χ2v) is 11.8. The molecule has 1 aliphatic rings. The van der Waals surface area contributed by atoms with Gasteiger partial charge < -0.3 is 24.5 Å². The molecule has 2 N–H and O–H groups in total. The van der Waals surface area contributed by atoms with Crippen molar-refractivity contribution >= 4 is 22.9 Å². The van der Waals surface area contributed by atoms with E-state index in [2.05, 4.69) is 20.3 Å². The molecule has 1 saturated carbocycles. The first-order valence-electron chi connectivity index (χ1n) is 15.9. The molecule has 9 nitrogen and oxygen atoms in total. The zero-order chi connectivity index (χ0) is 33.8. The fourth-order valence-corrected chi connectivity index (χ4v) is 6.83. The van der Waals surface area contributed by atoms with Crippen LogP contribution in [0, 0.1) is 11.8 Å². The Morgan fingerprint density at radius 2 is 1.49 bits per heavy atom. The molecule has 7 rings (SSSR count). The fraction of sp³-hybridized carbons (Fsp3) is 0.179. The van der Waals surface area contributed by atoms with Crippen LogP contribution in [0.4, 0.5) is 10.2 Å². The van der Waals surface area contributed by atoms with Crippen LogP contribution >= 0.6 is 0 Å². The standard InChI is InChI=1S/C39H34FN5O4/c1-48-30-19-17-29(18-20-30)39(27-13-7-3-8-14-27,28-15-9-4-10-16-28)49-23-33-31(21-40)35(32(33)22-46)45-25-43-34-36(41-24-42-37(34)45)44-38(47)26-11-5-2-6-12-26/h2-21,24-25,32-33,35,46H,22-23H2,1H3,(H,41,42,44,47)/b31-21-/t32-,33+,35-/m1/s1. The van der Waals surface area contributed by atoms with E-state index in [4.69, 9.17) is 9.47 Å². The Morgan fingerprint density at radius 3 is 2.08 bits per heavy atom. The Morgan fingerprint density at radius 1 is 0.878 bits per heavy atom. The highest BCUT2D eigenvalue weighted by molar-refractivity contribution is 6.06. The molecule has 4 aromatic carbocycles. The van der Waals surface area contributed by atoms with Crippen LogP contribution in [0.1, 0.15) is 33.1 Å². The minimum Gasteiger partial charge on any atom is -0.497 e. The number of aromatic nitrogens is 4. The van der Waals surface area contributed by atoms with Gasteiger partial charge in [-0.15, -0.1) is 0 Å². The monoisotopic (exact) mass is 655 g/mol. The summed E-state index contributed by atoms with van der Waals surface area (Å²) in [6.07, 6.45) is 3.47. The van der Waals surface area contributed by atoms with Crippen molar-refractivity contribution in [3.63, 3.8) is 0 Å². The molecule has 1 fully saturated rings. The predicted molar refractivity (Wildman–Crippen MR) is 184 cm³/mol. The van der Waals surface area contributed by atoms with Crippen molar-refractivity contribution < 1.29 is 23.8 Å². The number of hydrogen-bond acceptors (Lipinski definition) is 7. The first-order chi connectivity index (χ1) is 24.1. The van der Waals surface area contributed by atoms with Crippen molar-refractivity contribution in [3.8, 4) is 5.75 Å². The number of halogens is 1. The summed E-state index contributed by atoms with van der Waals surface area (Å²) < 4.78 is 29.1. The number of imidazole rings is 1. The third-order valence-electron chi connectivity index (χ3n) is 9.29. The molecule has 0 aliphatic heterocycles. The lowest BCUT2D eigenvalue weighted by molar-refractivity contribution is -0.0443. The van der Waals surface area contributed by atoms with Gasteiger partial charge >= 0.3 is 0 Å². The summed E-state index contributed by atoms with van der Waals surface area (Å²) in [4.78, 5) is 26.1. The minimum absolute atomic E-state index is 0.104. The Bertz CT molecular complexity index is 2030. The molecule has 49 heavy (non-hydrogen) atoms. The van der Waals surface area contributed by atoms with Crippen LogP contribution < -0.4 is 10.1 Å². The number of amides is 1. The van der Waals surface area contributed by atoms with Gasteiger partial charge in [-0.3, -0.25) is 4.79 Å². The van der Waals surface area contributed by atoms with Gasteiger partial charge in [0.1, 0.15) is 17.7 Å². The zero-order valence-electron chi connectivity index (χ0n) is 26.7. The fourth-order valence-electron chi connectivity index (χ4n) is 6.83. The minimum atomic E-state index is -1.05. The summed E-state index contributed by atoms with van der Waals surface area (Å²) in [7, 11) is 1.62. The van der Waals surface area contributed by atoms with Crippen molar-refractivity contribution in [1.82, 2.24) is 19.5 Å². The van der Waals surface area contributed by atoms with Crippen LogP contribution in [0.2, 0.25) is 0 Å². The molecule has 2 heterocycles. The molecule has 0 bridgehead atoms. The lowest BCUT2D eigenvalue weighted by Gasteiger charge is -2.48. The number of nitrogens with one attached hydrogen (secondary N) is 1. The normalized spacial score (nSPS) is 18.3. The van der Waals surface area contributed by atoms with E-state index in [-0.39, 0.29) is 24.9 Å². The summed E-state index contributed by atoms with van der Waals surface area (Å²) in [6.45, 7) is -0.127. The van der Waals surface area contributed by atoms with Crippen molar-refractivity contribution in [3.05, 3.63) is 162 Å². The molecule has 6 aromatic rings. The zero-order valence-corrected chi connectivity index (χ0v) is 26.7. The maximum atomic E-state index is 14.9. The molecular weight excluding hydrogens is 621 g/mol. The lowest BCUT2D eigenvalue weighted by Crippen LogP contribution is -2.47. The first-order valence-corrected chi connectivity index (χ1v) is 15.9. The summed E-state index contributed by atoms with van der Waals surface area (Å²) in [5.41, 5.74) is 3.28. The molecule has 1 aliphatic carbocycles. The molecule has 10 heteroatoms. The van der Waals surface area contributed by atoms with E-state index in [0.29, 0.717) is 34.4 Å². The third kappa shape index (κ3) is 5.75. The molecule has 0 unspecified atom stereocenters. The van der Waals surface area contributed by atoms with Gasteiger partial charge in [-0.05, 0) is 46.5 Å². The molecule has 0 radical (unpaired) electrons. The van der Waals surface area contributed by atoms with Crippen molar-refractivity contribution in [2.75, 3.05) is 25.6 Å². The highest BCUT2D eigenvalue weighted by atomic mass is 19.1. The highest BCUT2D eigenvalue weighted by Gasteiger charge is 2.49. The number of methoxy groups -OCH3 is 1. The van der Waals surface area contributed by atoms with E-state index in [9.17, 15) is 14.3 Å². The second kappa shape index (κ2) is 13.8. The van der Waals surface area contributed by atoms with E-state index < -0.39 is 23.5 Å². The van der Waals surface area contributed by atoms with E-state index in [0.717, 1.165) is 16.7 Å². The van der Waals surface area contributed by atoms with Crippen molar-refractivity contribution in [2.45, 2.75) is 11.6 Å². The Kier molecular flexibility index (Phi) is 8.97. The van der Waals surface area contributed by atoms with Crippen LogP contribution in [0.25, 0.3) is 11.2 Å². The van der Waals surface area contributed by atoms with Gasteiger partial charge in [0.25, 0.3) is 5.91 Å². The van der Waals surface area contributed by atoms with E-state index >= 15 is 0 Å². The second-order valence-electron chi connectivity index (χ2n) is 11.8. The quantitative estimate of drug-likeness (QED) is 0.149. The summed E-state index contributed by atoms with van der Waals surface area (Å²) >= 11 is 0. The van der Waals surface area contributed by atoms with Gasteiger partial charge in [0, 0.05) is 24.0 Å². The molecule has 3 atom stereocenters. The average molecular weight is 656 g/mol. The number of aliphatic hydroxyl groups is 1. The largest absolute Gasteiger partial charge is 0.497 e. The number of carbonyl (C=O) groups excluding carboxylic acids is 1. The van der Waals surface area contributed by atoms with Gasteiger partial charge in [-0.2, -0.15) is 0 Å². The SMILES string of the molecule is COc1ccc(C(OC[C@H]2/C(=C/F)[C@@H](n3cnc4c(NC(=O)c5ccccc5)ncnc43)[C@@H]2CO)(c2ccccc2)c2ccccc2)cc1. The number of benzene rings is 4. The highest BCUT2D eigenvalue weighted by Crippen LogP contribution is 2.52. The van der Waals surface area contributed by atoms with Crippen molar-refractivity contribution in [2.24, 2.45) is 11.8 Å². The van der Waals surface area contributed by atoms with Crippen LogP contribution in [0.15, 0.2) is 140 Å². The first kappa shape index (κ1) is 31.9. The number of ether oxygens (including phenoxy) is 2. The molecular formula is C39H34FN5O4. The van der Waals surface area contributed by atoms with Gasteiger partial charge in [0.05, 0.1) is 32.4 Å². The summed E-state index contributed by atoms with van der Waals surface area (Å²) in [5.74, 6) is -0.273. The van der Waals surface area contributed by atoms with E-state index in [1.165, 1.54) is 6.33 Å². The Labute approximate surface area is 282 Å². The number of hydrogen-bond donors (Lipinski definition) is 2. The maximum Gasteiger partial charge on any atom is 0.256 e. The third-order valence-corrected chi connectivity index (χ3v) is 9.29. The summed E-state index contributed by atoms with van der Waals surface area (Å²) in [5, 5.41) is 13.5. The molecule has 0 spiro atoms. The van der Waals surface area contributed by atoms with Crippen LogP contribution in [-0.4, -0.2) is 50.9 Å². The molecule has 1 amide bonds. The predicted octanol–water partition coefficient (Wildman–Crippen LogP) is 6.73. The lowest BCUT2D eigenvalue weighted by atomic mass is 9.65. The van der Waals surface area contributed by atoms with Crippen LogP contribution in [0.5, 0.6) is 5.75 Å². The number of carbonyl (C=O) groups is 1. The maximum absolute atomic E-state index is 14.9.